The molecule has 19 heavy (non-hydrogen) atoms. The molecular formula is C13H15ClN2O3. The van der Waals surface area contributed by atoms with Crippen molar-refractivity contribution in [3.63, 3.8) is 0 Å². The first-order valence-electron chi connectivity index (χ1n) is 6.14. The maximum Gasteiger partial charge on any atom is 0.326 e. The van der Waals surface area contributed by atoms with Gasteiger partial charge in [-0.3, -0.25) is 0 Å². The normalized spacial score (nSPS) is 19.0. The summed E-state index contributed by atoms with van der Waals surface area (Å²) in [6, 6.07) is 5.58. The number of amides is 2. The number of rotatable bonds is 2. The van der Waals surface area contributed by atoms with Crippen molar-refractivity contribution < 1.29 is 14.7 Å². The van der Waals surface area contributed by atoms with Crippen LogP contribution in [0.4, 0.5) is 10.5 Å². The lowest BCUT2D eigenvalue weighted by Crippen LogP contribution is -2.49. The van der Waals surface area contributed by atoms with Crippen molar-refractivity contribution in [2.24, 2.45) is 0 Å². The van der Waals surface area contributed by atoms with E-state index in [4.69, 9.17) is 16.7 Å². The summed E-state index contributed by atoms with van der Waals surface area (Å²) in [5.74, 6) is -0.953. The molecule has 1 aliphatic rings. The van der Waals surface area contributed by atoms with Crippen LogP contribution in [-0.4, -0.2) is 34.6 Å². The number of piperidine rings is 1. The van der Waals surface area contributed by atoms with Gasteiger partial charge in [0.05, 0.1) is 0 Å². The fraction of sp³-hybridized carbons (Fsp3) is 0.385. The number of benzene rings is 1. The van der Waals surface area contributed by atoms with Gasteiger partial charge in [-0.1, -0.05) is 11.6 Å². The molecule has 1 fully saturated rings. The standard InChI is InChI=1S/C13H15ClN2O3/c14-9-4-6-10(7-5-9)15-13(19)16-8-2-1-3-11(16)12(17)18/h4-7,11H,1-3,8H2,(H,15,19)(H,17,18)/t11-/m0/s1. The molecule has 0 spiro atoms. The second-order valence-corrected chi connectivity index (χ2v) is 4.92. The second-order valence-electron chi connectivity index (χ2n) is 4.48. The summed E-state index contributed by atoms with van der Waals surface area (Å²) in [7, 11) is 0. The molecule has 2 amide bonds. The van der Waals surface area contributed by atoms with Gasteiger partial charge in [0.2, 0.25) is 0 Å². The third-order valence-corrected chi connectivity index (χ3v) is 3.40. The molecule has 0 bridgehead atoms. The number of hydrogen-bond donors (Lipinski definition) is 2. The molecule has 1 aliphatic heterocycles. The zero-order valence-corrected chi connectivity index (χ0v) is 11.1. The number of carboxylic acids is 1. The number of carbonyl (C=O) groups is 2. The van der Waals surface area contributed by atoms with Crippen LogP contribution in [0.1, 0.15) is 19.3 Å². The number of halogens is 1. The van der Waals surface area contributed by atoms with Gasteiger partial charge < -0.3 is 15.3 Å². The summed E-state index contributed by atoms with van der Waals surface area (Å²) in [5.41, 5.74) is 0.601. The molecular weight excluding hydrogens is 268 g/mol. The van der Waals surface area contributed by atoms with E-state index in [0.29, 0.717) is 23.7 Å². The van der Waals surface area contributed by atoms with E-state index in [1.165, 1.54) is 4.90 Å². The van der Waals surface area contributed by atoms with Crippen molar-refractivity contribution in [2.45, 2.75) is 25.3 Å². The average molecular weight is 283 g/mol. The Hall–Kier alpha value is -1.75. The fourth-order valence-corrected chi connectivity index (χ4v) is 2.29. The minimum absolute atomic E-state index is 0.380. The van der Waals surface area contributed by atoms with Crippen LogP contribution in [-0.2, 0) is 4.79 Å². The Bertz CT molecular complexity index is 475. The molecule has 0 aromatic heterocycles. The number of nitrogens with one attached hydrogen (secondary N) is 1. The zero-order chi connectivity index (χ0) is 13.8. The highest BCUT2D eigenvalue weighted by molar-refractivity contribution is 6.30. The van der Waals surface area contributed by atoms with Crippen LogP contribution >= 0.6 is 11.6 Å². The summed E-state index contributed by atoms with van der Waals surface area (Å²) in [6.45, 7) is 0.469. The molecule has 0 aliphatic carbocycles. The molecule has 0 radical (unpaired) electrons. The van der Waals surface area contributed by atoms with Gasteiger partial charge in [-0.15, -0.1) is 0 Å². The number of urea groups is 1. The van der Waals surface area contributed by atoms with Crippen LogP contribution in [0.25, 0.3) is 0 Å². The second kappa shape index (κ2) is 5.93. The van der Waals surface area contributed by atoms with Crippen molar-refractivity contribution in [2.75, 3.05) is 11.9 Å². The molecule has 1 atom stereocenters. The Morgan fingerprint density at radius 3 is 2.58 bits per heavy atom. The first-order chi connectivity index (χ1) is 9.08. The number of nitrogens with zero attached hydrogens (tertiary/aromatic N) is 1. The number of hydrogen-bond acceptors (Lipinski definition) is 2. The van der Waals surface area contributed by atoms with E-state index in [1.54, 1.807) is 24.3 Å². The lowest BCUT2D eigenvalue weighted by molar-refractivity contribution is -0.143. The molecule has 0 saturated carbocycles. The molecule has 6 heteroatoms. The largest absolute Gasteiger partial charge is 0.480 e. The molecule has 5 nitrogen and oxygen atoms in total. The van der Waals surface area contributed by atoms with Crippen LogP contribution in [0.2, 0.25) is 5.02 Å². The topological polar surface area (TPSA) is 69.6 Å². The quantitative estimate of drug-likeness (QED) is 0.876. The maximum atomic E-state index is 12.1. The molecule has 2 N–H and O–H groups in total. The van der Waals surface area contributed by atoms with Crippen LogP contribution < -0.4 is 5.32 Å². The number of aliphatic carboxylic acids is 1. The first-order valence-corrected chi connectivity index (χ1v) is 6.52. The Morgan fingerprint density at radius 1 is 1.26 bits per heavy atom. The van der Waals surface area contributed by atoms with E-state index < -0.39 is 12.0 Å². The highest BCUT2D eigenvalue weighted by Crippen LogP contribution is 2.19. The summed E-state index contributed by atoms with van der Waals surface area (Å²) in [4.78, 5) is 24.6. The van der Waals surface area contributed by atoms with Gasteiger partial charge in [0.1, 0.15) is 6.04 Å². The van der Waals surface area contributed by atoms with Gasteiger partial charge in [-0.2, -0.15) is 0 Å². The van der Waals surface area contributed by atoms with E-state index >= 15 is 0 Å². The van der Waals surface area contributed by atoms with Gasteiger partial charge in [-0.05, 0) is 43.5 Å². The predicted molar refractivity (Wildman–Crippen MR) is 72.5 cm³/mol. The molecule has 1 aromatic rings. The first kappa shape index (κ1) is 13.7. The Balaban J connectivity index is 2.05. The van der Waals surface area contributed by atoms with Gasteiger partial charge in [-0.25, -0.2) is 9.59 Å². The summed E-state index contributed by atoms with van der Waals surface area (Å²) < 4.78 is 0. The van der Waals surface area contributed by atoms with Crippen molar-refractivity contribution in [3.8, 4) is 0 Å². The van der Waals surface area contributed by atoms with E-state index in [1.807, 2.05) is 0 Å². The summed E-state index contributed by atoms with van der Waals surface area (Å²) in [6.07, 6.45) is 2.17. The molecule has 102 valence electrons. The third kappa shape index (κ3) is 3.38. The van der Waals surface area contributed by atoms with E-state index in [0.717, 1.165) is 12.8 Å². The average Bonchev–Trinajstić information content (AvgIpc) is 2.41. The molecule has 1 heterocycles. The molecule has 0 unspecified atom stereocenters. The SMILES string of the molecule is O=C(O)[C@@H]1CCCCN1C(=O)Nc1ccc(Cl)cc1. The minimum atomic E-state index is -0.953. The van der Waals surface area contributed by atoms with Crippen molar-refractivity contribution in [3.05, 3.63) is 29.3 Å². The Kier molecular flexibility index (Phi) is 4.27. The van der Waals surface area contributed by atoms with E-state index in [-0.39, 0.29) is 6.03 Å². The Morgan fingerprint density at radius 2 is 1.95 bits per heavy atom. The van der Waals surface area contributed by atoms with Gasteiger partial charge in [0.25, 0.3) is 0 Å². The highest BCUT2D eigenvalue weighted by atomic mass is 35.5. The van der Waals surface area contributed by atoms with Gasteiger partial charge in [0.15, 0.2) is 0 Å². The van der Waals surface area contributed by atoms with Crippen molar-refractivity contribution in [1.82, 2.24) is 4.90 Å². The lowest BCUT2D eigenvalue weighted by Gasteiger charge is -2.32. The van der Waals surface area contributed by atoms with Gasteiger partial charge >= 0.3 is 12.0 Å². The maximum absolute atomic E-state index is 12.1. The fourth-order valence-electron chi connectivity index (χ4n) is 2.16. The van der Waals surface area contributed by atoms with E-state index in [2.05, 4.69) is 5.32 Å². The van der Waals surface area contributed by atoms with Crippen LogP contribution in [0.5, 0.6) is 0 Å². The summed E-state index contributed by atoms with van der Waals surface area (Å²) >= 11 is 5.76. The number of anilines is 1. The van der Waals surface area contributed by atoms with E-state index in [9.17, 15) is 9.59 Å². The monoisotopic (exact) mass is 282 g/mol. The summed E-state index contributed by atoms with van der Waals surface area (Å²) in [5, 5.41) is 12.4. The molecule has 1 saturated heterocycles. The lowest BCUT2D eigenvalue weighted by atomic mass is 10.0. The number of carboxylic acid groups (broad SMARTS) is 1. The zero-order valence-electron chi connectivity index (χ0n) is 10.3. The number of likely N-dealkylation sites (tertiary alicyclic amines) is 1. The predicted octanol–water partition coefficient (Wildman–Crippen LogP) is 2.81. The van der Waals surface area contributed by atoms with Crippen LogP contribution in [0.3, 0.4) is 0 Å². The number of carbonyl (C=O) groups excluding carboxylic acids is 1. The smallest absolute Gasteiger partial charge is 0.326 e. The molecule has 2 rings (SSSR count). The minimum Gasteiger partial charge on any atom is -0.480 e. The highest BCUT2D eigenvalue weighted by Gasteiger charge is 2.31. The third-order valence-electron chi connectivity index (χ3n) is 3.14. The van der Waals surface area contributed by atoms with Crippen molar-refractivity contribution >= 4 is 29.3 Å². The van der Waals surface area contributed by atoms with Crippen molar-refractivity contribution in [1.29, 1.82) is 0 Å². The Labute approximate surface area is 116 Å². The van der Waals surface area contributed by atoms with Gasteiger partial charge in [0, 0.05) is 17.3 Å². The molecule has 1 aromatic carbocycles. The van der Waals surface area contributed by atoms with Crippen LogP contribution in [0.15, 0.2) is 24.3 Å². The van der Waals surface area contributed by atoms with Crippen LogP contribution in [0, 0.1) is 0 Å².